The molecule has 0 atom stereocenters. The van der Waals surface area contributed by atoms with Crippen molar-refractivity contribution >= 4 is 17.5 Å². The molecule has 104 valence electrons. The van der Waals surface area contributed by atoms with Gasteiger partial charge in [-0.25, -0.2) is 0 Å². The monoisotopic (exact) mass is 272 g/mol. The van der Waals surface area contributed by atoms with Crippen molar-refractivity contribution in [2.24, 2.45) is 0 Å². The lowest BCUT2D eigenvalue weighted by atomic mass is 10.3. The number of rotatable bonds is 5. The zero-order valence-electron chi connectivity index (χ0n) is 11.2. The van der Waals surface area contributed by atoms with E-state index in [1.165, 1.54) is 6.26 Å². The average molecular weight is 272 g/mol. The van der Waals surface area contributed by atoms with Crippen LogP contribution in [0.15, 0.2) is 53.1 Å². The zero-order valence-corrected chi connectivity index (χ0v) is 11.2. The zero-order chi connectivity index (χ0) is 14.4. The van der Waals surface area contributed by atoms with Crippen LogP contribution in [0.3, 0.4) is 0 Å². The van der Waals surface area contributed by atoms with E-state index in [-0.39, 0.29) is 18.2 Å². The van der Waals surface area contributed by atoms with Gasteiger partial charge in [-0.1, -0.05) is 18.2 Å². The molecule has 0 aliphatic carbocycles. The molecule has 5 heteroatoms. The molecule has 20 heavy (non-hydrogen) atoms. The standard InChI is InChI=1S/C15H16N2O3/c1-2-17(12-7-4-3-5-8-12)14(18)11-16-15(19)13-9-6-10-20-13/h3-10H,2,11H2,1H3,(H,16,19). The summed E-state index contributed by atoms with van der Waals surface area (Å²) in [6.45, 7) is 2.36. The molecule has 0 saturated carbocycles. The van der Waals surface area contributed by atoms with E-state index in [0.717, 1.165) is 5.69 Å². The highest BCUT2D eigenvalue weighted by atomic mass is 16.3. The van der Waals surface area contributed by atoms with Gasteiger partial charge in [0, 0.05) is 12.2 Å². The van der Waals surface area contributed by atoms with E-state index in [2.05, 4.69) is 5.32 Å². The Labute approximate surface area is 117 Å². The van der Waals surface area contributed by atoms with Crippen LogP contribution in [0.1, 0.15) is 17.5 Å². The fourth-order valence-corrected chi connectivity index (χ4v) is 1.86. The molecule has 1 aromatic heterocycles. The molecule has 0 aliphatic heterocycles. The maximum absolute atomic E-state index is 12.1. The van der Waals surface area contributed by atoms with Crippen molar-refractivity contribution in [3.63, 3.8) is 0 Å². The summed E-state index contributed by atoms with van der Waals surface area (Å²) in [7, 11) is 0. The third-order valence-electron chi connectivity index (χ3n) is 2.83. The van der Waals surface area contributed by atoms with E-state index in [4.69, 9.17) is 4.42 Å². The molecule has 0 aliphatic rings. The van der Waals surface area contributed by atoms with Crippen molar-refractivity contribution in [1.82, 2.24) is 5.32 Å². The minimum Gasteiger partial charge on any atom is -0.459 e. The summed E-state index contributed by atoms with van der Waals surface area (Å²) < 4.78 is 4.96. The number of hydrogen-bond donors (Lipinski definition) is 1. The first-order chi connectivity index (χ1) is 9.72. The Morgan fingerprint density at radius 1 is 1.15 bits per heavy atom. The Morgan fingerprint density at radius 2 is 1.90 bits per heavy atom. The van der Waals surface area contributed by atoms with E-state index in [1.54, 1.807) is 17.0 Å². The van der Waals surface area contributed by atoms with Gasteiger partial charge in [0.15, 0.2) is 5.76 Å². The van der Waals surface area contributed by atoms with Gasteiger partial charge in [-0.15, -0.1) is 0 Å². The molecule has 2 amide bonds. The summed E-state index contributed by atoms with van der Waals surface area (Å²) in [5.41, 5.74) is 0.812. The summed E-state index contributed by atoms with van der Waals surface area (Å²) in [5, 5.41) is 2.55. The Kier molecular flexibility index (Phi) is 4.55. The molecular weight excluding hydrogens is 256 g/mol. The number of likely N-dealkylation sites (N-methyl/N-ethyl adjacent to an activating group) is 1. The third-order valence-corrected chi connectivity index (χ3v) is 2.83. The lowest BCUT2D eigenvalue weighted by molar-refractivity contribution is -0.117. The summed E-state index contributed by atoms with van der Waals surface area (Å²) in [6, 6.07) is 12.5. The van der Waals surface area contributed by atoms with Crippen molar-refractivity contribution in [3.05, 3.63) is 54.5 Å². The number of nitrogens with zero attached hydrogens (tertiary/aromatic N) is 1. The third kappa shape index (κ3) is 3.26. The number of benzene rings is 1. The number of hydrogen-bond acceptors (Lipinski definition) is 3. The Hall–Kier alpha value is -2.56. The van der Waals surface area contributed by atoms with Crippen LogP contribution >= 0.6 is 0 Å². The van der Waals surface area contributed by atoms with Crippen LogP contribution in [-0.2, 0) is 4.79 Å². The lowest BCUT2D eigenvalue weighted by Gasteiger charge is -2.21. The number of amides is 2. The summed E-state index contributed by atoms with van der Waals surface area (Å²) >= 11 is 0. The SMILES string of the molecule is CCN(C(=O)CNC(=O)c1ccco1)c1ccccc1. The molecule has 0 spiro atoms. The molecule has 2 aromatic rings. The van der Waals surface area contributed by atoms with Crippen LogP contribution in [-0.4, -0.2) is 24.9 Å². The molecule has 0 unspecified atom stereocenters. The van der Waals surface area contributed by atoms with Gasteiger partial charge in [-0.3, -0.25) is 9.59 Å². The van der Waals surface area contributed by atoms with E-state index >= 15 is 0 Å². The smallest absolute Gasteiger partial charge is 0.287 e. The van der Waals surface area contributed by atoms with E-state index in [1.807, 2.05) is 37.3 Å². The number of carbonyl (C=O) groups is 2. The molecule has 2 rings (SSSR count). The summed E-state index contributed by atoms with van der Waals surface area (Å²) in [4.78, 5) is 25.4. The minimum absolute atomic E-state index is 0.0672. The summed E-state index contributed by atoms with van der Waals surface area (Å²) in [6.07, 6.45) is 1.42. The Bertz CT molecular complexity index is 564. The van der Waals surface area contributed by atoms with Crippen LogP contribution in [0.5, 0.6) is 0 Å². The van der Waals surface area contributed by atoms with Crippen molar-refractivity contribution in [2.45, 2.75) is 6.92 Å². The first-order valence-electron chi connectivity index (χ1n) is 6.39. The summed E-state index contributed by atoms with van der Waals surface area (Å²) in [5.74, 6) is -0.369. The Morgan fingerprint density at radius 3 is 2.50 bits per heavy atom. The molecule has 0 bridgehead atoms. The molecular formula is C15H16N2O3. The maximum atomic E-state index is 12.1. The molecule has 1 heterocycles. The van der Waals surface area contributed by atoms with E-state index in [0.29, 0.717) is 6.54 Å². The first-order valence-corrected chi connectivity index (χ1v) is 6.39. The van der Waals surface area contributed by atoms with Gasteiger partial charge in [0.2, 0.25) is 5.91 Å². The topological polar surface area (TPSA) is 62.6 Å². The molecule has 1 N–H and O–H groups in total. The lowest BCUT2D eigenvalue weighted by Crippen LogP contribution is -2.40. The predicted octanol–water partition coefficient (Wildman–Crippen LogP) is 2.06. The highest BCUT2D eigenvalue weighted by Crippen LogP contribution is 2.12. The van der Waals surface area contributed by atoms with Gasteiger partial charge in [0.05, 0.1) is 12.8 Å². The van der Waals surface area contributed by atoms with Crippen LogP contribution in [0, 0.1) is 0 Å². The molecule has 5 nitrogen and oxygen atoms in total. The van der Waals surface area contributed by atoms with Crippen LogP contribution < -0.4 is 10.2 Å². The van der Waals surface area contributed by atoms with Crippen LogP contribution in [0.2, 0.25) is 0 Å². The largest absolute Gasteiger partial charge is 0.459 e. The fourth-order valence-electron chi connectivity index (χ4n) is 1.86. The van der Waals surface area contributed by atoms with E-state index < -0.39 is 5.91 Å². The molecule has 0 fully saturated rings. The maximum Gasteiger partial charge on any atom is 0.287 e. The van der Waals surface area contributed by atoms with Gasteiger partial charge < -0.3 is 14.6 Å². The number of para-hydroxylation sites is 1. The number of furan rings is 1. The van der Waals surface area contributed by atoms with Crippen molar-refractivity contribution in [3.8, 4) is 0 Å². The van der Waals surface area contributed by atoms with Crippen molar-refractivity contribution in [2.75, 3.05) is 18.0 Å². The number of carbonyl (C=O) groups excluding carboxylic acids is 2. The van der Waals surface area contributed by atoms with Gasteiger partial charge in [-0.2, -0.15) is 0 Å². The highest BCUT2D eigenvalue weighted by molar-refractivity contribution is 5.99. The number of nitrogens with one attached hydrogen (secondary N) is 1. The van der Waals surface area contributed by atoms with Gasteiger partial charge in [-0.05, 0) is 31.2 Å². The molecule has 0 radical (unpaired) electrons. The van der Waals surface area contributed by atoms with Gasteiger partial charge in [0.1, 0.15) is 0 Å². The second-order valence-electron chi connectivity index (χ2n) is 4.13. The quantitative estimate of drug-likeness (QED) is 0.906. The second-order valence-corrected chi connectivity index (χ2v) is 4.13. The van der Waals surface area contributed by atoms with Crippen molar-refractivity contribution < 1.29 is 14.0 Å². The van der Waals surface area contributed by atoms with Crippen LogP contribution in [0.25, 0.3) is 0 Å². The normalized spacial score (nSPS) is 10.1. The average Bonchev–Trinajstić information content (AvgIpc) is 3.01. The van der Waals surface area contributed by atoms with Gasteiger partial charge in [0.25, 0.3) is 5.91 Å². The fraction of sp³-hybridized carbons (Fsp3) is 0.200. The molecule has 1 aromatic carbocycles. The minimum atomic E-state index is -0.396. The van der Waals surface area contributed by atoms with Crippen molar-refractivity contribution in [1.29, 1.82) is 0 Å². The predicted molar refractivity (Wildman–Crippen MR) is 75.5 cm³/mol. The van der Waals surface area contributed by atoms with Gasteiger partial charge >= 0.3 is 0 Å². The second kappa shape index (κ2) is 6.56. The Balaban J connectivity index is 1.95. The molecule has 0 saturated heterocycles. The first kappa shape index (κ1) is 13.9. The highest BCUT2D eigenvalue weighted by Gasteiger charge is 2.15. The van der Waals surface area contributed by atoms with E-state index in [9.17, 15) is 9.59 Å². The number of anilines is 1. The van der Waals surface area contributed by atoms with Crippen LogP contribution in [0.4, 0.5) is 5.69 Å².